The Morgan fingerprint density at radius 1 is 0.295 bits per heavy atom. The minimum Gasteiger partial charge on any atom is -0.256 e. The van der Waals surface area contributed by atoms with Gasteiger partial charge in [0.25, 0.3) is 0 Å². The summed E-state index contributed by atoms with van der Waals surface area (Å²) in [5.41, 5.74) is 7.07. The van der Waals surface area contributed by atoms with E-state index in [0.717, 1.165) is 5.69 Å². The van der Waals surface area contributed by atoms with Gasteiger partial charge in [-0.3, -0.25) is 4.98 Å². The van der Waals surface area contributed by atoms with Gasteiger partial charge in [0.15, 0.2) is 0 Å². The van der Waals surface area contributed by atoms with E-state index in [9.17, 15) is 0 Å². The van der Waals surface area contributed by atoms with Gasteiger partial charge in [-0.2, -0.15) is 0 Å². The predicted molar refractivity (Wildman–Crippen MR) is 188 cm³/mol. The molecular formula is C43H27N. The third-order valence-corrected chi connectivity index (χ3v) is 9.06. The Morgan fingerprint density at radius 2 is 0.841 bits per heavy atom. The number of pyridine rings is 1. The number of nitrogens with zero attached hydrogens (tertiary/aromatic N) is 1. The largest absolute Gasteiger partial charge is 0.256 e. The highest BCUT2D eigenvalue weighted by atomic mass is 14.7. The first kappa shape index (κ1) is 24.8. The summed E-state index contributed by atoms with van der Waals surface area (Å²) >= 11 is 0. The summed E-state index contributed by atoms with van der Waals surface area (Å²) in [7, 11) is 0. The van der Waals surface area contributed by atoms with E-state index < -0.39 is 0 Å². The van der Waals surface area contributed by atoms with Gasteiger partial charge in [-0.15, -0.1) is 0 Å². The van der Waals surface area contributed by atoms with E-state index in [4.69, 9.17) is 4.98 Å². The van der Waals surface area contributed by atoms with Crippen LogP contribution in [-0.2, 0) is 0 Å². The Hall–Kier alpha value is -5.79. The summed E-state index contributed by atoms with van der Waals surface area (Å²) in [4.78, 5) is 4.84. The lowest BCUT2D eigenvalue weighted by atomic mass is 9.85. The Bertz CT molecular complexity index is 2540. The minimum absolute atomic E-state index is 0.990. The average Bonchev–Trinajstić information content (AvgIpc) is 3.10. The van der Waals surface area contributed by atoms with E-state index in [0.29, 0.717) is 0 Å². The molecular weight excluding hydrogens is 530 g/mol. The van der Waals surface area contributed by atoms with Gasteiger partial charge in [0.2, 0.25) is 0 Å². The van der Waals surface area contributed by atoms with Crippen molar-refractivity contribution in [1.82, 2.24) is 4.98 Å². The monoisotopic (exact) mass is 557 g/mol. The second-order valence-electron chi connectivity index (χ2n) is 11.6. The maximum atomic E-state index is 4.84. The van der Waals surface area contributed by atoms with Gasteiger partial charge >= 0.3 is 0 Å². The number of aromatic nitrogens is 1. The molecule has 0 bridgehead atoms. The Morgan fingerprint density at radius 3 is 1.68 bits per heavy atom. The molecule has 9 rings (SSSR count). The number of fused-ring (bicyclic) bond motifs is 6. The molecule has 0 saturated heterocycles. The molecule has 44 heavy (non-hydrogen) atoms. The van der Waals surface area contributed by atoms with Crippen molar-refractivity contribution >= 4 is 53.9 Å². The SMILES string of the molecule is c1ccc(-c2c3ccccc3c(-c3ccc4c(ccc5ccccc54)c3)c3cc(-c4ccc5ccccc5c4)ccc23)nc1. The maximum absolute atomic E-state index is 4.84. The lowest BCUT2D eigenvalue weighted by molar-refractivity contribution is 1.34. The van der Waals surface area contributed by atoms with Crippen molar-refractivity contribution in [2.24, 2.45) is 0 Å². The third kappa shape index (κ3) is 3.91. The zero-order valence-electron chi connectivity index (χ0n) is 24.0. The molecule has 0 atom stereocenters. The molecule has 1 nitrogen and oxygen atoms in total. The predicted octanol–water partition coefficient (Wildman–Crippen LogP) is 11.8. The average molecular weight is 558 g/mol. The standard InChI is InChI=1S/C43H27N/c1-2-11-30-25-31(18-16-28(30)9-1)32-20-23-39-40(27-32)42(37-13-5-6-14-38(37)43(39)41-15-7-8-24-44-41)34-21-22-36-33(26-34)19-17-29-10-3-4-12-35(29)36/h1-27H. The van der Waals surface area contributed by atoms with Crippen LogP contribution in [0.5, 0.6) is 0 Å². The summed E-state index contributed by atoms with van der Waals surface area (Å²) in [5, 5.41) is 12.5. The molecule has 0 aliphatic carbocycles. The molecule has 8 aromatic carbocycles. The summed E-state index contributed by atoms with van der Waals surface area (Å²) in [5.74, 6) is 0. The molecule has 0 amide bonds. The molecule has 0 unspecified atom stereocenters. The molecule has 1 aromatic heterocycles. The molecule has 0 aliphatic heterocycles. The normalized spacial score (nSPS) is 11.6. The molecule has 0 N–H and O–H groups in total. The fourth-order valence-electron chi connectivity index (χ4n) is 6.99. The van der Waals surface area contributed by atoms with Crippen LogP contribution in [0.4, 0.5) is 0 Å². The minimum atomic E-state index is 0.990. The van der Waals surface area contributed by atoms with Crippen LogP contribution in [0, 0.1) is 0 Å². The van der Waals surface area contributed by atoms with Gasteiger partial charge in [0, 0.05) is 11.8 Å². The molecule has 0 aliphatic rings. The van der Waals surface area contributed by atoms with Crippen LogP contribution < -0.4 is 0 Å². The van der Waals surface area contributed by atoms with Crippen molar-refractivity contribution in [1.29, 1.82) is 0 Å². The van der Waals surface area contributed by atoms with Crippen molar-refractivity contribution in [2.45, 2.75) is 0 Å². The fraction of sp³-hybridized carbons (Fsp3) is 0. The van der Waals surface area contributed by atoms with Crippen molar-refractivity contribution in [3.8, 4) is 33.5 Å². The topological polar surface area (TPSA) is 12.9 Å². The van der Waals surface area contributed by atoms with Gasteiger partial charge in [-0.25, -0.2) is 0 Å². The van der Waals surface area contributed by atoms with Crippen molar-refractivity contribution < 1.29 is 0 Å². The summed E-state index contributed by atoms with van der Waals surface area (Å²) in [6.45, 7) is 0. The lowest BCUT2D eigenvalue weighted by Crippen LogP contribution is -1.93. The molecule has 1 heteroatoms. The van der Waals surface area contributed by atoms with Crippen molar-refractivity contribution in [3.63, 3.8) is 0 Å². The van der Waals surface area contributed by atoms with Crippen LogP contribution in [0.1, 0.15) is 0 Å². The number of benzene rings is 8. The van der Waals surface area contributed by atoms with Crippen LogP contribution in [-0.4, -0.2) is 4.98 Å². The van der Waals surface area contributed by atoms with E-state index in [-0.39, 0.29) is 0 Å². The van der Waals surface area contributed by atoms with E-state index in [1.807, 2.05) is 12.3 Å². The molecule has 1 heterocycles. The highest BCUT2D eigenvalue weighted by molar-refractivity contribution is 6.22. The van der Waals surface area contributed by atoms with Crippen molar-refractivity contribution in [2.75, 3.05) is 0 Å². The third-order valence-electron chi connectivity index (χ3n) is 9.06. The zero-order valence-corrected chi connectivity index (χ0v) is 24.0. The smallest absolute Gasteiger partial charge is 0.0714 e. The van der Waals surface area contributed by atoms with Crippen LogP contribution in [0.2, 0.25) is 0 Å². The van der Waals surface area contributed by atoms with E-state index in [1.165, 1.54) is 81.7 Å². The van der Waals surface area contributed by atoms with Gasteiger partial charge < -0.3 is 0 Å². The second-order valence-corrected chi connectivity index (χ2v) is 11.6. The summed E-state index contributed by atoms with van der Waals surface area (Å²) in [6.07, 6.45) is 1.89. The van der Waals surface area contributed by atoms with Crippen LogP contribution >= 0.6 is 0 Å². The first-order valence-corrected chi connectivity index (χ1v) is 15.1. The first-order valence-electron chi connectivity index (χ1n) is 15.1. The van der Waals surface area contributed by atoms with E-state index >= 15 is 0 Å². The summed E-state index contributed by atoms with van der Waals surface area (Å²) in [6, 6.07) is 57.4. The Kier molecular flexibility index (Phi) is 5.57. The van der Waals surface area contributed by atoms with Gasteiger partial charge in [-0.05, 0) is 106 Å². The van der Waals surface area contributed by atoms with Gasteiger partial charge in [0.1, 0.15) is 0 Å². The van der Waals surface area contributed by atoms with Gasteiger partial charge in [-0.1, -0.05) is 127 Å². The molecule has 204 valence electrons. The van der Waals surface area contributed by atoms with Crippen molar-refractivity contribution in [3.05, 3.63) is 164 Å². The Labute approximate surface area is 255 Å². The molecule has 0 saturated carbocycles. The number of hydrogen-bond acceptors (Lipinski definition) is 1. The van der Waals surface area contributed by atoms with E-state index in [1.54, 1.807) is 0 Å². The number of rotatable bonds is 3. The van der Waals surface area contributed by atoms with Gasteiger partial charge in [0.05, 0.1) is 5.69 Å². The van der Waals surface area contributed by atoms with E-state index in [2.05, 4.69) is 152 Å². The Balaban J connectivity index is 1.38. The lowest BCUT2D eigenvalue weighted by Gasteiger charge is -2.19. The van der Waals surface area contributed by atoms with Crippen LogP contribution in [0.25, 0.3) is 87.4 Å². The summed E-state index contributed by atoms with van der Waals surface area (Å²) < 4.78 is 0. The van der Waals surface area contributed by atoms with Crippen LogP contribution in [0.15, 0.2) is 164 Å². The fourth-order valence-corrected chi connectivity index (χ4v) is 6.99. The molecule has 0 spiro atoms. The molecule has 0 radical (unpaired) electrons. The zero-order chi connectivity index (χ0) is 29.0. The molecule has 9 aromatic rings. The highest BCUT2D eigenvalue weighted by Gasteiger charge is 2.18. The quantitative estimate of drug-likeness (QED) is 0.155. The molecule has 0 fully saturated rings. The number of hydrogen-bond donors (Lipinski definition) is 0. The maximum Gasteiger partial charge on any atom is 0.0714 e. The van der Waals surface area contributed by atoms with Crippen LogP contribution in [0.3, 0.4) is 0 Å². The first-order chi connectivity index (χ1) is 21.8. The highest BCUT2D eigenvalue weighted by Crippen LogP contribution is 2.45. The second kappa shape index (κ2) is 9.90.